The second-order valence-electron chi connectivity index (χ2n) is 11.1. The van der Waals surface area contributed by atoms with E-state index in [1.807, 2.05) is 50.6 Å². The molecule has 0 amide bonds. The molecule has 12 heteroatoms. The van der Waals surface area contributed by atoms with Crippen LogP contribution < -0.4 is 10.9 Å². The van der Waals surface area contributed by atoms with Crippen molar-refractivity contribution < 1.29 is 23.1 Å². The number of carbonyl (C=O) groups is 1. The maximum absolute atomic E-state index is 13.8. The Morgan fingerprint density at radius 1 is 1.19 bits per heavy atom. The number of thiophene rings is 1. The highest BCUT2D eigenvalue weighted by Crippen LogP contribution is 2.47. The fourth-order valence-electron chi connectivity index (χ4n) is 5.59. The van der Waals surface area contributed by atoms with Crippen LogP contribution in [-0.4, -0.2) is 51.4 Å². The van der Waals surface area contributed by atoms with Crippen LogP contribution in [0.15, 0.2) is 47.4 Å². The molecule has 4 aromatic rings. The summed E-state index contributed by atoms with van der Waals surface area (Å²) in [5, 5.41) is 19.0. The Labute approximate surface area is 250 Å². The number of ether oxygens (including phenoxy) is 1. The topological polar surface area (TPSA) is 150 Å². The monoisotopic (exact) mass is 613 g/mol. The average molecular weight is 614 g/mol. The fraction of sp³-hybridized carbons (Fsp3) is 0.433. The van der Waals surface area contributed by atoms with E-state index in [1.54, 1.807) is 38.1 Å². The Hall–Kier alpha value is -3.32. The van der Waals surface area contributed by atoms with E-state index in [9.17, 15) is 18.3 Å². The van der Waals surface area contributed by atoms with Crippen molar-refractivity contribution in [1.29, 1.82) is 0 Å². The summed E-state index contributed by atoms with van der Waals surface area (Å²) in [4.78, 5) is 14.6. The first-order chi connectivity index (χ1) is 19.4. The summed E-state index contributed by atoms with van der Waals surface area (Å²) in [7, 11) is -3.81. The van der Waals surface area contributed by atoms with Gasteiger partial charge in [0.25, 0.3) is 0 Å². The molecule has 5 rings (SSSR count). The minimum absolute atomic E-state index is 0. The number of hydrogen-bond donors (Lipinski definition) is 2. The van der Waals surface area contributed by atoms with Gasteiger partial charge in [0.05, 0.1) is 17.5 Å². The van der Waals surface area contributed by atoms with Crippen LogP contribution in [0, 0.1) is 19.3 Å². The van der Waals surface area contributed by atoms with E-state index in [0.717, 1.165) is 37.5 Å². The van der Waals surface area contributed by atoms with Crippen LogP contribution in [0.2, 0.25) is 0 Å². The third kappa shape index (κ3) is 5.32. The smallest absolute Gasteiger partial charge is 0.310 e. The van der Waals surface area contributed by atoms with E-state index in [1.165, 1.54) is 15.6 Å². The van der Waals surface area contributed by atoms with Crippen LogP contribution in [0.5, 0.6) is 5.75 Å². The van der Waals surface area contributed by atoms with E-state index in [2.05, 4.69) is 10.3 Å². The average Bonchev–Trinajstić information content (AvgIpc) is 3.49. The highest BCUT2D eigenvalue weighted by molar-refractivity contribution is 7.89. The van der Waals surface area contributed by atoms with Crippen molar-refractivity contribution in [2.75, 3.05) is 6.54 Å². The third-order valence-corrected chi connectivity index (χ3v) is 11.2. The summed E-state index contributed by atoms with van der Waals surface area (Å²) in [5.74, 6) is -1.03. The highest BCUT2D eigenvalue weighted by atomic mass is 32.2. The predicted molar refractivity (Wildman–Crippen MR) is 164 cm³/mol. The Balaban J connectivity index is 0.00000405. The van der Waals surface area contributed by atoms with Crippen LogP contribution in [0.25, 0.3) is 11.0 Å². The van der Waals surface area contributed by atoms with Crippen molar-refractivity contribution in [3.63, 3.8) is 0 Å². The molecule has 0 bridgehead atoms. The summed E-state index contributed by atoms with van der Waals surface area (Å²) in [6, 6.07) is 12.7. The number of benzene rings is 2. The minimum atomic E-state index is -3.81. The first-order valence-corrected chi connectivity index (χ1v) is 16.1. The molecule has 42 heavy (non-hydrogen) atoms. The van der Waals surface area contributed by atoms with Gasteiger partial charge in [-0.15, -0.1) is 16.4 Å². The number of carboxylic acids is 1. The molecule has 3 heterocycles. The van der Waals surface area contributed by atoms with Gasteiger partial charge >= 0.3 is 5.97 Å². The van der Waals surface area contributed by atoms with Crippen molar-refractivity contribution in [3.05, 3.63) is 68.9 Å². The normalized spacial score (nSPS) is 17.6. The first-order valence-electron chi connectivity index (χ1n) is 13.8. The molecule has 2 aromatic carbocycles. The van der Waals surface area contributed by atoms with Crippen LogP contribution in [0.1, 0.15) is 66.5 Å². The van der Waals surface area contributed by atoms with Gasteiger partial charge in [-0.25, -0.2) is 13.1 Å². The number of carboxylic acid groups (broad SMARTS) is 1. The molecule has 0 radical (unpaired) electrons. The zero-order valence-corrected chi connectivity index (χ0v) is 26.6. The van der Waals surface area contributed by atoms with Gasteiger partial charge in [0.1, 0.15) is 22.3 Å². The van der Waals surface area contributed by atoms with Gasteiger partial charge in [-0.1, -0.05) is 30.3 Å². The minimum Gasteiger partial charge on any atom is -0.488 e. The van der Waals surface area contributed by atoms with Crippen LogP contribution in [0.3, 0.4) is 0 Å². The van der Waals surface area contributed by atoms with E-state index >= 15 is 0 Å². The van der Waals surface area contributed by atoms with Crippen LogP contribution in [0.4, 0.5) is 0 Å². The number of aryl methyl sites for hydroxylation is 3. The lowest BCUT2D eigenvalue weighted by Gasteiger charge is -2.31. The van der Waals surface area contributed by atoms with Crippen molar-refractivity contribution in [1.82, 2.24) is 25.4 Å². The molecule has 0 aliphatic carbocycles. The third-order valence-electron chi connectivity index (χ3n) is 8.16. The Kier molecular flexibility index (Phi) is 8.85. The van der Waals surface area contributed by atoms with Crippen molar-refractivity contribution in [2.24, 2.45) is 5.41 Å². The summed E-state index contributed by atoms with van der Waals surface area (Å²) in [6.45, 7) is 12.5. The molecule has 0 unspecified atom stereocenters. The second kappa shape index (κ2) is 11.8. The van der Waals surface area contributed by atoms with E-state index in [4.69, 9.17) is 4.74 Å². The van der Waals surface area contributed by atoms with Crippen molar-refractivity contribution in [2.45, 2.75) is 78.0 Å². The molecule has 1 aliphatic heterocycles. The molecule has 226 valence electrons. The zero-order valence-electron chi connectivity index (χ0n) is 24.9. The van der Waals surface area contributed by atoms with Gasteiger partial charge in [-0.05, 0) is 82.0 Å². The number of rotatable bonds is 8. The molecular weight excluding hydrogens is 574 g/mol. The largest absolute Gasteiger partial charge is 0.488 e. The molecule has 2 atom stereocenters. The van der Waals surface area contributed by atoms with Gasteiger partial charge in [0.15, 0.2) is 0 Å². The van der Waals surface area contributed by atoms with Crippen molar-refractivity contribution in [3.8, 4) is 5.75 Å². The molecule has 4 N–H and O–H groups in total. The molecule has 2 aromatic heterocycles. The van der Waals surface area contributed by atoms with Crippen LogP contribution >= 0.6 is 11.3 Å². The van der Waals surface area contributed by atoms with Crippen molar-refractivity contribution >= 4 is 38.4 Å². The van der Waals surface area contributed by atoms with Gasteiger partial charge in [0.2, 0.25) is 10.0 Å². The molecule has 0 spiro atoms. The van der Waals surface area contributed by atoms with E-state index in [-0.39, 0.29) is 30.2 Å². The Morgan fingerprint density at radius 3 is 2.57 bits per heavy atom. The van der Waals surface area contributed by atoms with Gasteiger partial charge in [-0.3, -0.25) is 4.79 Å². The fourth-order valence-corrected chi connectivity index (χ4v) is 8.51. The molecule has 0 fully saturated rings. The predicted octanol–water partition coefficient (Wildman–Crippen LogP) is 5.90. The molecule has 0 saturated carbocycles. The van der Waals surface area contributed by atoms with E-state index in [0.29, 0.717) is 18.7 Å². The summed E-state index contributed by atoms with van der Waals surface area (Å²) < 4.78 is 36.9. The molecule has 1 aliphatic rings. The van der Waals surface area contributed by atoms with E-state index < -0.39 is 27.3 Å². The van der Waals surface area contributed by atoms with Gasteiger partial charge in [-0.2, -0.15) is 4.31 Å². The molecule has 10 nitrogen and oxygen atoms in total. The number of nitrogens with zero attached hydrogens (tertiary/aromatic N) is 4. The standard InChI is InChI=1S/C30H36N4O5S2.H3N/c1-7-21-17-33(41(37,38)26-12-10-9-11-24(26)39-21)16-20-15-25(40-19(20)4)27(30(5,6)29(35)36)22-13-14-23-28(18(22)3)31-32-34(23)8-2;/h9-15,21,27H,7-8,16-17H2,1-6H3,(H,35,36);1H3/t21-,27-;/m1./s1. The van der Waals surface area contributed by atoms with Crippen LogP contribution in [-0.2, 0) is 27.9 Å². The number of aromatic nitrogens is 3. The number of sulfonamides is 1. The quantitative estimate of drug-likeness (QED) is 0.250. The Morgan fingerprint density at radius 2 is 1.90 bits per heavy atom. The highest BCUT2D eigenvalue weighted by Gasteiger charge is 2.42. The maximum atomic E-state index is 13.8. The van der Waals surface area contributed by atoms with Gasteiger partial charge in [0, 0.05) is 28.8 Å². The number of fused-ring (bicyclic) bond motifs is 2. The first kappa shape index (κ1) is 31.6. The second-order valence-corrected chi connectivity index (χ2v) is 14.3. The number of para-hydroxylation sites is 1. The maximum Gasteiger partial charge on any atom is 0.310 e. The summed E-state index contributed by atoms with van der Waals surface area (Å²) >= 11 is 1.51. The summed E-state index contributed by atoms with van der Waals surface area (Å²) in [5.41, 5.74) is 3.12. The zero-order chi connectivity index (χ0) is 29.7. The SMILES string of the molecule is CC[C@@H]1CN(Cc2cc([C@@H](c3ccc4c(nnn4CC)c3C)C(C)(C)C(=O)O)sc2C)S(=O)(=O)c2ccccc2O1.N. The number of aliphatic carboxylic acids is 1. The van der Waals surface area contributed by atoms with Gasteiger partial charge < -0.3 is 16.0 Å². The lowest BCUT2D eigenvalue weighted by atomic mass is 9.72. The summed E-state index contributed by atoms with van der Waals surface area (Å²) in [6.07, 6.45) is 0.379. The lowest BCUT2D eigenvalue weighted by Crippen LogP contribution is -2.36. The molecule has 0 saturated heterocycles. The number of hydrogen-bond acceptors (Lipinski definition) is 8. The Bertz CT molecular complexity index is 1730. The molecular formula is C30H39N5O5S2. The lowest BCUT2D eigenvalue weighted by molar-refractivity contribution is -0.147.